The van der Waals surface area contributed by atoms with Crippen LogP contribution in [0.4, 0.5) is 5.69 Å². The van der Waals surface area contributed by atoms with Crippen LogP contribution in [0.3, 0.4) is 0 Å². The van der Waals surface area contributed by atoms with Crippen molar-refractivity contribution in [1.29, 1.82) is 0 Å². The fourth-order valence-corrected chi connectivity index (χ4v) is 16.9. The van der Waals surface area contributed by atoms with Gasteiger partial charge in [0.05, 0.1) is 26.3 Å². The maximum atomic E-state index is 14.5. The number of hydrogen-bond donors (Lipinski definition) is 0. The molecule has 13 heteroatoms. The predicted octanol–water partition coefficient (Wildman–Crippen LogP) is 7.92. The Bertz CT molecular complexity index is 2170. The molecule has 2 aliphatic rings. The van der Waals surface area contributed by atoms with Crippen molar-refractivity contribution < 1.29 is 26.2 Å². The van der Waals surface area contributed by atoms with Gasteiger partial charge in [-0.25, -0.2) is 20.8 Å². The maximum absolute atomic E-state index is 14.5. The van der Waals surface area contributed by atoms with Gasteiger partial charge in [0, 0.05) is 42.8 Å². The molecule has 4 aromatic rings. The topological polar surface area (TPSA) is 129 Å². The number of nitro benzene ring substituents is 1. The molecule has 50 heavy (non-hydrogen) atoms. The normalized spacial score (nSPS) is 18.6. The highest BCUT2D eigenvalue weighted by Crippen LogP contribution is 2.46. The van der Waals surface area contributed by atoms with E-state index < -0.39 is 39.3 Å². The molecule has 0 bridgehead atoms. The number of non-ortho nitro benzene ring substituents is 1. The lowest BCUT2D eigenvalue weighted by Gasteiger charge is -2.45. The Hall–Kier alpha value is -3.62. The molecule has 266 valence electrons. The van der Waals surface area contributed by atoms with Crippen LogP contribution >= 0.6 is 0 Å². The summed E-state index contributed by atoms with van der Waals surface area (Å²) < 4.78 is 66.8. The molecular formula is C37H45N3O7S2Si. The second-order valence-electron chi connectivity index (χ2n) is 14.5. The lowest BCUT2D eigenvalue weighted by atomic mass is 9.81. The third-order valence-electron chi connectivity index (χ3n) is 10.6. The third kappa shape index (κ3) is 5.96. The zero-order valence-electron chi connectivity index (χ0n) is 29.5. The summed E-state index contributed by atoms with van der Waals surface area (Å²) in [4.78, 5) is 10.9. The van der Waals surface area contributed by atoms with E-state index in [1.54, 1.807) is 36.5 Å². The summed E-state index contributed by atoms with van der Waals surface area (Å²) >= 11 is 0. The van der Waals surface area contributed by atoms with E-state index in [1.807, 2.05) is 19.1 Å². The number of nitro groups is 1. The van der Waals surface area contributed by atoms with Gasteiger partial charge in [-0.3, -0.25) is 10.1 Å². The number of aryl methyl sites for hydroxylation is 1. The van der Waals surface area contributed by atoms with E-state index in [-0.39, 0.29) is 34.4 Å². The van der Waals surface area contributed by atoms with Crippen molar-refractivity contribution in [2.75, 3.05) is 13.2 Å². The predicted molar refractivity (Wildman–Crippen MR) is 199 cm³/mol. The molecule has 0 amide bonds. The first-order chi connectivity index (χ1) is 23.5. The second kappa shape index (κ2) is 13.2. The van der Waals surface area contributed by atoms with E-state index in [4.69, 9.17) is 4.43 Å². The summed E-state index contributed by atoms with van der Waals surface area (Å²) in [5.41, 5.74) is 4.64. The first kappa shape index (κ1) is 36.2. The first-order valence-electron chi connectivity index (χ1n) is 17.1. The van der Waals surface area contributed by atoms with Gasteiger partial charge in [-0.1, -0.05) is 77.4 Å². The average molecular weight is 736 g/mol. The Morgan fingerprint density at radius 1 is 0.860 bits per heavy atom. The van der Waals surface area contributed by atoms with Gasteiger partial charge in [-0.15, -0.1) is 0 Å². The fourth-order valence-electron chi connectivity index (χ4n) is 8.37. The van der Waals surface area contributed by atoms with Crippen molar-refractivity contribution >= 4 is 50.5 Å². The Labute approximate surface area is 296 Å². The van der Waals surface area contributed by atoms with E-state index in [0.717, 1.165) is 27.6 Å². The number of sulfonamides is 1. The minimum atomic E-state index is -4.15. The molecule has 2 heterocycles. The fraction of sp³-hybridized carbons (Fsp3) is 0.405. The summed E-state index contributed by atoms with van der Waals surface area (Å²) in [6.45, 7) is 15.7. The van der Waals surface area contributed by atoms with Crippen molar-refractivity contribution in [3.05, 3.63) is 106 Å². The molecule has 0 fully saturated rings. The van der Waals surface area contributed by atoms with Gasteiger partial charge in [-0.2, -0.15) is 4.31 Å². The third-order valence-corrected chi connectivity index (χ3v) is 20.3. The van der Waals surface area contributed by atoms with Gasteiger partial charge < -0.3 is 4.43 Å². The van der Waals surface area contributed by atoms with Crippen molar-refractivity contribution in [3.63, 3.8) is 0 Å². The molecule has 6 rings (SSSR count). The summed E-state index contributed by atoms with van der Waals surface area (Å²) in [5.74, 6) is -0.285. The van der Waals surface area contributed by atoms with Gasteiger partial charge in [0.2, 0.25) is 10.0 Å². The van der Waals surface area contributed by atoms with Crippen LogP contribution in [0.1, 0.15) is 58.2 Å². The summed E-state index contributed by atoms with van der Waals surface area (Å²) in [6.07, 6.45) is 4.02. The largest absolute Gasteiger partial charge is 0.415 e. The van der Waals surface area contributed by atoms with Crippen molar-refractivity contribution in [2.24, 2.45) is 5.92 Å². The van der Waals surface area contributed by atoms with Crippen molar-refractivity contribution in [1.82, 2.24) is 8.28 Å². The Morgan fingerprint density at radius 2 is 1.44 bits per heavy atom. The molecule has 1 aliphatic carbocycles. The van der Waals surface area contributed by atoms with Crippen LogP contribution in [-0.4, -0.2) is 57.5 Å². The van der Waals surface area contributed by atoms with E-state index in [1.165, 1.54) is 32.5 Å². The minimum Gasteiger partial charge on any atom is -0.415 e. The molecular weight excluding hydrogens is 691 g/mol. The van der Waals surface area contributed by atoms with E-state index in [9.17, 15) is 26.9 Å². The zero-order chi connectivity index (χ0) is 36.3. The Kier molecular flexibility index (Phi) is 9.53. The molecule has 1 aliphatic heterocycles. The van der Waals surface area contributed by atoms with Gasteiger partial charge in [0.1, 0.15) is 0 Å². The number of fused-ring (bicyclic) bond motifs is 2. The zero-order valence-corrected chi connectivity index (χ0v) is 32.2. The number of benzene rings is 3. The van der Waals surface area contributed by atoms with Gasteiger partial charge in [0.15, 0.2) is 8.32 Å². The van der Waals surface area contributed by atoms with Crippen LogP contribution in [0.25, 0.3) is 16.5 Å². The molecule has 1 aromatic heterocycles. The lowest BCUT2D eigenvalue weighted by molar-refractivity contribution is -0.384. The molecule has 0 radical (unpaired) electrons. The molecule has 10 nitrogen and oxygen atoms in total. The number of hydrogen-bond acceptors (Lipinski definition) is 7. The molecule has 0 unspecified atom stereocenters. The quantitative estimate of drug-likeness (QED) is 0.0870. The van der Waals surface area contributed by atoms with Crippen LogP contribution in [-0.2, 0) is 30.9 Å². The van der Waals surface area contributed by atoms with Crippen LogP contribution in [0.2, 0.25) is 16.6 Å². The molecule has 0 saturated carbocycles. The Morgan fingerprint density at radius 3 is 2.02 bits per heavy atom. The number of nitrogens with zero attached hydrogens (tertiary/aromatic N) is 3. The van der Waals surface area contributed by atoms with Crippen LogP contribution in [0, 0.1) is 23.0 Å². The van der Waals surface area contributed by atoms with Gasteiger partial charge in [0.25, 0.3) is 15.7 Å². The molecule has 2 atom stereocenters. The minimum absolute atomic E-state index is 0.0391. The molecule has 0 saturated heterocycles. The highest BCUT2D eigenvalue weighted by atomic mass is 32.2. The standard InChI is InChI=1S/C37H45N3O7S2Si/c1-24(2)50(25(3)4,26(5)6)47-23-28-19-34-33-9-8-10-35-37(33)29(22-39(35)49(45,46)31-15-11-27(7)12-16-31)20-36(34)38(21-28)48(43,44)32-17-13-30(14-18-32)40(41)42/h8-19,22,24-26,28,36H,20-21,23H2,1-7H3/t28-,36-/m0/s1. The highest BCUT2D eigenvalue weighted by molar-refractivity contribution is 7.90. The van der Waals surface area contributed by atoms with Gasteiger partial charge in [-0.05, 0) is 77.0 Å². The van der Waals surface area contributed by atoms with Crippen LogP contribution in [0.15, 0.2) is 88.8 Å². The molecule has 3 aromatic carbocycles. The lowest BCUT2D eigenvalue weighted by Crippen LogP contribution is -2.51. The molecule has 0 spiro atoms. The van der Waals surface area contributed by atoms with Crippen molar-refractivity contribution in [3.8, 4) is 0 Å². The second-order valence-corrected chi connectivity index (χ2v) is 23.7. The SMILES string of the molecule is Cc1ccc(S(=O)(=O)n2cc3c4c(cccc42)C2=C[C@H](CO[Si](C(C)C)(C(C)C)C(C)C)CN(S(=O)(=O)c4ccc([N+](=O)[O-])cc4)[C@H]2C3)cc1. The number of aromatic nitrogens is 1. The Balaban J connectivity index is 1.49. The first-order valence-corrected chi connectivity index (χ1v) is 22.1. The maximum Gasteiger partial charge on any atom is 0.269 e. The smallest absolute Gasteiger partial charge is 0.269 e. The summed E-state index contributed by atoms with van der Waals surface area (Å²) in [5, 5.41) is 12.1. The van der Waals surface area contributed by atoms with Crippen LogP contribution in [0.5, 0.6) is 0 Å². The van der Waals surface area contributed by atoms with E-state index in [2.05, 4.69) is 47.6 Å². The van der Waals surface area contributed by atoms with E-state index >= 15 is 0 Å². The summed E-state index contributed by atoms with van der Waals surface area (Å²) in [6, 6.07) is 16.6. The highest BCUT2D eigenvalue weighted by Gasteiger charge is 2.47. The van der Waals surface area contributed by atoms with Crippen molar-refractivity contribution in [2.45, 2.75) is 87.3 Å². The van der Waals surface area contributed by atoms with Gasteiger partial charge >= 0.3 is 0 Å². The van der Waals surface area contributed by atoms with E-state index in [0.29, 0.717) is 28.7 Å². The molecule has 0 N–H and O–H groups in total. The average Bonchev–Trinajstić information content (AvgIpc) is 3.45. The monoisotopic (exact) mass is 735 g/mol. The number of rotatable bonds is 11. The summed E-state index contributed by atoms with van der Waals surface area (Å²) in [7, 11) is -10.4. The van der Waals surface area contributed by atoms with Crippen LogP contribution < -0.4 is 0 Å².